The van der Waals surface area contributed by atoms with Gasteiger partial charge in [0.1, 0.15) is 10.1 Å². The van der Waals surface area contributed by atoms with Gasteiger partial charge in [-0.25, -0.2) is 8.42 Å². The van der Waals surface area contributed by atoms with Crippen molar-refractivity contribution in [1.82, 2.24) is 0 Å². The summed E-state index contributed by atoms with van der Waals surface area (Å²) in [4.78, 5) is -0.105. The SMILES string of the molecule is CCCCCCCCCCCCCCCCCCCCCCCCCCCCCCCCCCCCCCc1cccc(S(=O)(=O)[O-])c1.[Na+]. The molecule has 1 aromatic carbocycles. The topological polar surface area (TPSA) is 57.2 Å². The Morgan fingerprint density at radius 2 is 0.653 bits per heavy atom. The van der Waals surface area contributed by atoms with Gasteiger partial charge in [-0.15, -0.1) is 0 Å². The first kappa shape index (κ1) is 49.1. The van der Waals surface area contributed by atoms with E-state index in [0.717, 1.165) is 18.4 Å². The molecule has 5 heteroatoms. The van der Waals surface area contributed by atoms with Crippen LogP contribution in [0.5, 0.6) is 0 Å². The Balaban J connectivity index is 0.0000230. The van der Waals surface area contributed by atoms with Crippen LogP contribution in [0.1, 0.15) is 244 Å². The van der Waals surface area contributed by atoms with Crippen molar-refractivity contribution in [3.63, 3.8) is 0 Å². The number of aryl methyl sites for hydroxylation is 1. The van der Waals surface area contributed by atoms with Crippen molar-refractivity contribution in [3.05, 3.63) is 29.8 Å². The first-order chi connectivity index (χ1) is 23.5. The quantitative estimate of drug-likeness (QED) is 0.0390. The molecule has 0 aromatic heterocycles. The summed E-state index contributed by atoms with van der Waals surface area (Å²) in [6, 6.07) is 6.51. The molecule has 0 atom stereocenters. The predicted octanol–water partition coefficient (Wildman–Crippen LogP) is 12.2. The van der Waals surface area contributed by atoms with Crippen LogP contribution in [-0.4, -0.2) is 13.0 Å². The number of hydrogen-bond acceptors (Lipinski definition) is 3. The molecule has 0 unspecified atom stereocenters. The van der Waals surface area contributed by atoms with E-state index < -0.39 is 10.1 Å². The van der Waals surface area contributed by atoms with E-state index in [1.54, 1.807) is 6.07 Å². The van der Waals surface area contributed by atoms with E-state index in [1.165, 1.54) is 237 Å². The molecule has 0 saturated carbocycles. The van der Waals surface area contributed by atoms with Gasteiger partial charge in [0.2, 0.25) is 0 Å². The van der Waals surface area contributed by atoms with Crippen LogP contribution >= 0.6 is 0 Å². The average Bonchev–Trinajstić information content (AvgIpc) is 3.08. The second kappa shape index (κ2) is 37.9. The fourth-order valence-corrected chi connectivity index (χ4v) is 7.81. The summed E-state index contributed by atoms with van der Waals surface area (Å²) in [6.45, 7) is 2.30. The molecular weight excluding hydrogens is 632 g/mol. The fourth-order valence-electron chi connectivity index (χ4n) is 7.27. The number of hydrogen-bond donors (Lipinski definition) is 0. The van der Waals surface area contributed by atoms with Gasteiger partial charge in [-0.05, 0) is 30.5 Å². The zero-order valence-corrected chi connectivity index (χ0v) is 35.9. The Bertz CT molecular complexity index is 903. The average molecular weight is 713 g/mol. The standard InChI is InChI=1S/C44H82O3S.Na/c1-2-3-4-5-6-7-8-9-10-11-12-13-14-15-16-17-18-19-20-21-22-23-24-25-26-27-28-29-30-31-32-33-34-35-36-37-39-43-40-38-41-44(42-43)48(45,46)47;/h38,40-42H,2-37,39H2,1H3,(H,45,46,47);/q;+1/p-1. The van der Waals surface area contributed by atoms with Gasteiger partial charge in [0.25, 0.3) is 0 Å². The smallest absolute Gasteiger partial charge is 0.744 e. The summed E-state index contributed by atoms with van der Waals surface area (Å²) in [6.07, 6.45) is 52.0. The van der Waals surface area contributed by atoms with E-state index in [0.29, 0.717) is 0 Å². The van der Waals surface area contributed by atoms with Gasteiger partial charge in [0.15, 0.2) is 0 Å². The molecule has 1 aromatic rings. The van der Waals surface area contributed by atoms with Crippen LogP contribution in [0, 0.1) is 0 Å². The number of rotatable bonds is 38. The first-order valence-electron chi connectivity index (χ1n) is 21.6. The first-order valence-corrected chi connectivity index (χ1v) is 23.0. The van der Waals surface area contributed by atoms with Gasteiger partial charge in [-0.1, -0.05) is 244 Å². The van der Waals surface area contributed by atoms with E-state index in [9.17, 15) is 13.0 Å². The zero-order valence-electron chi connectivity index (χ0n) is 33.1. The molecule has 0 spiro atoms. The van der Waals surface area contributed by atoms with Crippen molar-refractivity contribution >= 4 is 10.1 Å². The minimum Gasteiger partial charge on any atom is -0.744 e. The van der Waals surface area contributed by atoms with Crippen molar-refractivity contribution in [2.24, 2.45) is 0 Å². The number of unbranched alkanes of at least 4 members (excludes halogenated alkanes) is 35. The van der Waals surface area contributed by atoms with Gasteiger partial charge in [-0.3, -0.25) is 0 Å². The van der Waals surface area contributed by atoms with E-state index in [-0.39, 0.29) is 34.5 Å². The Kier molecular flexibility index (Phi) is 38.0. The monoisotopic (exact) mass is 713 g/mol. The normalized spacial score (nSPS) is 11.6. The van der Waals surface area contributed by atoms with Crippen LogP contribution < -0.4 is 29.6 Å². The third-order valence-corrected chi connectivity index (χ3v) is 11.3. The Morgan fingerprint density at radius 1 is 0.408 bits per heavy atom. The van der Waals surface area contributed by atoms with Crippen LogP contribution in [-0.2, 0) is 16.5 Å². The second-order valence-electron chi connectivity index (χ2n) is 15.2. The van der Waals surface area contributed by atoms with Crippen LogP contribution in [0.3, 0.4) is 0 Å². The summed E-state index contributed by atoms with van der Waals surface area (Å²) in [7, 11) is -4.35. The van der Waals surface area contributed by atoms with E-state index in [1.807, 2.05) is 6.07 Å². The second-order valence-corrected chi connectivity index (χ2v) is 16.6. The van der Waals surface area contributed by atoms with Crippen LogP contribution in [0.2, 0.25) is 0 Å². The number of benzene rings is 1. The van der Waals surface area contributed by atoms with Crippen molar-refractivity contribution in [2.75, 3.05) is 0 Å². The minimum absolute atomic E-state index is 0. The van der Waals surface area contributed by atoms with E-state index in [4.69, 9.17) is 0 Å². The molecule has 0 amide bonds. The Labute approximate surface area is 329 Å². The summed E-state index contributed by atoms with van der Waals surface area (Å²) in [5, 5.41) is 0. The fraction of sp³-hybridized carbons (Fsp3) is 0.864. The molecular formula is C44H81NaO3S. The van der Waals surface area contributed by atoms with Gasteiger partial charge < -0.3 is 4.55 Å². The van der Waals surface area contributed by atoms with Crippen LogP contribution in [0.25, 0.3) is 0 Å². The molecule has 0 bridgehead atoms. The zero-order chi connectivity index (χ0) is 34.6. The molecule has 0 radical (unpaired) electrons. The summed E-state index contributed by atoms with van der Waals surface area (Å²) < 4.78 is 33.5. The molecule has 0 heterocycles. The minimum atomic E-state index is -4.35. The Hall–Kier alpha value is 0.130. The van der Waals surface area contributed by atoms with Crippen molar-refractivity contribution in [3.8, 4) is 0 Å². The summed E-state index contributed by atoms with van der Waals surface area (Å²) in [5.41, 5.74) is 0.952. The summed E-state index contributed by atoms with van der Waals surface area (Å²) >= 11 is 0. The maximum absolute atomic E-state index is 11.2. The molecule has 0 aliphatic carbocycles. The van der Waals surface area contributed by atoms with Crippen LogP contribution in [0.4, 0.5) is 0 Å². The predicted molar refractivity (Wildman–Crippen MR) is 210 cm³/mol. The molecule has 0 aliphatic rings. The van der Waals surface area contributed by atoms with Gasteiger partial charge in [-0.2, -0.15) is 0 Å². The molecule has 0 fully saturated rings. The molecule has 0 saturated heterocycles. The van der Waals surface area contributed by atoms with Crippen molar-refractivity contribution < 1.29 is 42.5 Å². The van der Waals surface area contributed by atoms with Crippen molar-refractivity contribution in [1.29, 1.82) is 0 Å². The molecule has 49 heavy (non-hydrogen) atoms. The third kappa shape index (κ3) is 35.0. The molecule has 0 aliphatic heterocycles. The van der Waals surface area contributed by atoms with Gasteiger partial charge in [0.05, 0.1) is 4.90 Å². The van der Waals surface area contributed by atoms with E-state index in [2.05, 4.69) is 6.92 Å². The third-order valence-electron chi connectivity index (χ3n) is 10.5. The molecule has 1 rings (SSSR count). The van der Waals surface area contributed by atoms with E-state index >= 15 is 0 Å². The maximum atomic E-state index is 11.2. The maximum Gasteiger partial charge on any atom is 1.00 e. The van der Waals surface area contributed by atoms with Crippen molar-refractivity contribution in [2.45, 2.75) is 249 Å². The summed E-state index contributed by atoms with van der Waals surface area (Å²) in [5.74, 6) is 0. The van der Waals surface area contributed by atoms with Gasteiger partial charge in [0, 0.05) is 0 Å². The largest absolute Gasteiger partial charge is 1.00 e. The molecule has 0 N–H and O–H groups in total. The van der Waals surface area contributed by atoms with Gasteiger partial charge >= 0.3 is 29.6 Å². The Morgan fingerprint density at radius 3 is 0.898 bits per heavy atom. The molecule has 3 nitrogen and oxygen atoms in total. The van der Waals surface area contributed by atoms with Crippen LogP contribution in [0.15, 0.2) is 29.2 Å². The molecule has 282 valence electrons.